The Morgan fingerprint density at radius 2 is 2.32 bits per heavy atom. The molecule has 3 rings (SSSR count). The van der Waals surface area contributed by atoms with Crippen LogP contribution in [0.3, 0.4) is 0 Å². The van der Waals surface area contributed by atoms with E-state index in [-0.39, 0.29) is 18.2 Å². The molecule has 1 saturated carbocycles. The molecule has 0 amide bonds. The van der Waals surface area contributed by atoms with Crippen molar-refractivity contribution in [2.75, 3.05) is 19.0 Å². The van der Waals surface area contributed by atoms with Crippen molar-refractivity contribution in [2.45, 2.75) is 38.0 Å². The number of fused-ring (bicyclic) bond motifs is 1. The van der Waals surface area contributed by atoms with Crippen LogP contribution < -0.4 is 15.8 Å². The lowest BCUT2D eigenvalue weighted by Crippen LogP contribution is -2.69. The van der Waals surface area contributed by atoms with Gasteiger partial charge < -0.3 is 20.5 Å². The van der Waals surface area contributed by atoms with Gasteiger partial charge in [-0.3, -0.25) is 0 Å². The lowest BCUT2D eigenvalue weighted by Gasteiger charge is -2.52. The molecule has 6 nitrogen and oxygen atoms in total. The van der Waals surface area contributed by atoms with Crippen LogP contribution in [0.5, 0.6) is 5.88 Å². The van der Waals surface area contributed by atoms with E-state index < -0.39 is 0 Å². The molecule has 2 heterocycles. The van der Waals surface area contributed by atoms with Gasteiger partial charge in [0.2, 0.25) is 11.8 Å². The second-order valence-corrected chi connectivity index (χ2v) is 5.26. The molecule has 6 heteroatoms. The first-order valence-corrected chi connectivity index (χ1v) is 6.72. The van der Waals surface area contributed by atoms with Crippen molar-refractivity contribution in [1.29, 1.82) is 0 Å². The summed E-state index contributed by atoms with van der Waals surface area (Å²) in [6, 6.07) is 2.00. The Balaban J connectivity index is 1.73. The van der Waals surface area contributed by atoms with E-state index in [0.29, 0.717) is 17.7 Å². The predicted octanol–water partition coefficient (Wildman–Crippen LogP) is 0.710. The number of methoxy groups -OCH3 is 1. The summed E-state index contributed by atoms with van der Waals surface area (Å²) in [4.78, 5) is 8.65. The maximum Gasteiger partial charge on any atom is 0.226 e. The Bertz CT molecular complexity index is 468. The standard InChI is InChI=1S/C13H20N4O2/c1-7-6-9(18-2)16-13(15-7)17-11-10(14)8-4-3-5-19-12(8)11/h6,8,10-12H,3-5,14H2,1-2H3,(H,15,16,17). The van der Waals surface area contributed by atoms with Crippen LogP contribution in [-0.2, 0) is 4.74 Å². The van der Waals surface area contributed by atoms with E-state index in [9.17, 15) is 0 Å². The summed E-state index contributed by atoms with van der Waals surface area (Å²) < 4.78 is 10.9. The SMILES string of the molecule is COc1cc(C)nc(NC2C(N)C3CCCOC32)n1. The van der Waals surface area contributed by atoms with Gasteiger partial charge in [-0.15, -0.1) is 0 Å². The smallest absolute Gasteiger partial charge is 0.226 e. The third-order valence-corrected chi connectivity index (χ3v) is 4.01. The molecule has 104 valence electrons. The fourth-order valence-electron chi connectivity index (χ4n) is 2.98. The summed E-state index contributed by atoms with van der Waals surface area (Å²) in [7, 11) is 1.60. The number of anilines is 1. The number of aromatic nitrogens is 2. The molecule has 4 unspecified atom stereocenters. The van der Waals surface area contributed by atoms with Crippen LogP contribution in [0.2, 0.25) is 0 Å². The molecule has 2 fully saturated rings. The molecule has 1 aliphatic carbocycles. The molecule has 1 aromatic rings. The van der Waals surface area contributed by atoms with Gasteiger partial charge in [0.15, 0.2) is 0 Å². The molecule has 1 aliphatic heterocycles. The number of aryl methyl sites for hydroxylation is 1. The van der Waals surface area contributed by atoms with E-state index in [1.165, 1.54) is 0 Å². The highest BCUT2D eigenvalue weighted by Crippen LogP contribution is 2.38. The minimum Gasteiger partial charge on any atom is -0.481 e. The summed E-state index contributed by atoms with van der Waals surface area (Å²) in [5, 5.41) is 3.29. The first-order chi connectivity index (χ1) is 9.19. The second kappa shape index (κ2) is 4.94. The highest BCUT2D eigenvalue weighted by Gasteiger charge is 2.50. The molecule has 1 saturated heterocycles. The molecule has 4 atom stereocenters. The second-order valence-electron chi connectivity index (χ2n) is 5.26. The summed E-state index contributed by atoms with van der Waals surface area (Å²) in [6.07, 6.45) is 2.46. The number of nitrogens with two attached hydrogens (primary N) is 1. The largest absolute Gasteiger partial charge is 0.481 e. The molecular formula is C13H20N4O2. The Kier molecular flexibility index (Phi) is 3.28. The zero-order valence-electron chi connectivity index (χ0n) is 11.3. The average molecular weight is 264 g/mol. The monoisotopic (exact) mass is 264 g/mol. The van der Waals surface area contributed by atoms with Gasteiger partial charge in [-0.25, -0.2) is 4.98 Å². The van der Waals surface area contributed by atoms with Crippen LogP contribution in [0.1, 0.15) is 18.5 Å². The fraction of sp³-hybridized carbons (Fsp3) is 0.692. The maximum atomic E-state index is 6.20. The highest BCUT2D eigenvalue weighted by molar-refractivity contribution is 5.35. The van der Waals surface area contributed by atoms with E-state index in [1.54, 1.807) is 13.2 Å². The minimum atomic E-state index is 0.0943. The van der Waals surface area contributed by atoms with Crippen LogP contribution in [0.4, 0.5) is 5.95 Å². The summed E-state index contributed by atoms with van der Waals surface area (Å²) in [5.41, 5.74) is 7.07. The molecule has 19 heavy (non-hydrogen) atoms. The third-order valence-electron chi connectivity index (χ3n) is 4.01. The lowest BCUT2D eigenvalue weighted by molar-refractivity contribution is -0.104. The van der Waals surface area contributed by atoms with Crippen molar-refractivity contribution in [3.8, 4) is 5.88 Å². The lowest BCUT2D eigenvalue weighted by atomic mass is 9.69. The van der Waals surface area contributed by atoms with E-state index >= 15 is 0 Å². The normalized spacial score (nSPS) is 33.2. The van der Waals surface area contributed by atoms with Gasteiger partial charge in [0, 0.05) is 30.3 Å². The molecule has 0 aromatic carbocycles. The van der Waals surface area contributed by atoms with Crippen molar-refractivity contribution in [1.82, 2.24) is 9.97 Å². The molecule has 0 radical (unpaired) electrons. The number of hydrogen-bond acceptors (Lipinski definition) is 6. The first-order valence-electron chi connectivity index (χ1n) is 6.72. The minimum absolute atomic E-state index is 0.0943. The molecular weight excluding hydrogens is 244 g/mol. The Labute approximate surface area is 112 Å². The average Bonchev–Trinajstić information content (AvgIpc) is 2.43. The summed E-state index contributed by atoms with van der Waals surface area (Å²) in [5.74, 6) is 1.59. The Hall–Kier alpha value is -1.40. The van der Waals surface area contributed by atoms with E-state index in [0.717, 1.165) is 25.1 Å². The predicted molar refractivity (Wildman–Crippen MR) is 71.2 cm³/mol. The molecule has 0 bridgehead atoms. The van der Waals surface area contributed by atoms with Crippen LogP contribution >= 0.6 is 0 Å². The van der Waals surface area contributed by atoms with Crippen molar-refractivity contribution in [3.05, 3.63) is 11.8 Å². The molecule has 1 aromatic heterocycles. The Morgan fingerprint density at radius 3 is 3.11 bits per heavy atom. The first kappa shape index (κ1) is 12.6. The number of rotatable bonds is 3. The quantitative estimate of drug-likeness (QED) is 0.836. The van der Waals surface area contributed by atoms with Gasteiger partial charge in [-0.05, 0) is 19.8 Å². The summed E-state index contributed by atoms with van der Waals surface area (Å²) >= 11 is 0. The fourth-order valence-corrected chi connectivity index (χ4v) is 2.98. The molecule has 2 aliphatic rings. The number of nitrogens with zero attached hydrogens (tertiary/aromatic N) is 2. The zero-order chi connectivity index (χ0) is 13.4. The van der Waals surface area contributed by atoms with Crippen LogP contribution in [-0.4, -0.2) is 41.9 Å². The van der Waals surface area contributed by atoms with Crippen molar-refractivity contribution in [2.24, 2.45) is 11.7 Å². The van der Waals surface area contributed by atoms with E-state index in [1.807, 2.05) is 6.92 Å². The van der Waals surface area contributed by atoms with Crippen molar-refractivity contribution >= 4 is 5.95 Å². The van der Waals surface area contributed by atoms with Crippen LogP contribution in [0, 0.1) is 12.8 Å². The van der Waals surface area contributed by atoms with Gasteiger partial charge in [0.25, 0.3) is 0 Å². The van der Waals surface area contributed by atoms with Gasteiger partial charge >= 0.3 is 0 Å². The highest BCUT2D eigenvalue weighted by atomic mass is 16.5. The number of nitrogens with one attached hydrogen (secondary N) is 1. The zero-order valence-corrected chi connectivity index (χ0v) is 11.3. The van der Waals surface area contributed by atoms with Gasteiger partial charge in [-0.2, -0.15) is 4.98 Å². The molecule has 0 spiro atoms. The third kappa shape index (κ3) is 2.26. The van der Waals surface area contributed by atoms with E-state index in [4.69, 9.17) is 15.2 Å². The number of hydrogen-bond donors (Lipinski definition) is 2. The van der Waals surface area contributed by atoms with E-state index in [2.05, 4.69) is 15.3 Å². The van der Waals surface area contributed by atoms with Crippen LogP contribution in [0.25, 0.3) is 0 Å². The summed E-state index contributed by atoms with van der Waals surface area (Å²) in [6.45, 7) is 2.74. The van der Waals surface area contributed by atoms with Gasteiger partial charge in [-0.1, -0.05) is 0 Å². The van der Waals surface area contributed by atoms with Crippen LogP contribution in [0.15, 0.2) is 6.07 Å². The number of ether oxygens (including phenoxy) is 2. The van der Waals surface area contributed by atoms with Gasteiger partial charge in [0.05, 0.1) is 19.3 Å². The van der Waals surface area contributed by atoms with Crippen molar-refractivity contribution in [3.63, 3.8) is 0 Å². The Morgan fingerprint density at radius 1 is 1.47 bits per heavy atom. The van der Waals surface area contributed by atoms with Crippen molar-refractivity contribution < 1.29 is 9.47 Å². The molecule has 3 N–H and O–H groups in total. The topological polar surface area (TPSA) is 82.3 Å². The maximum absolute atomic E-state index is 6.20. The van der Waals surface area contributed by atoms with Gasteiger partial charge in [0.1, 0.15) is 0 Å².